The highest BCUT2D eigenvalue weighted by molar-refractivity contribution is 5.74. The second-order valence-corrected chi connectivity index (χ2v) is 6.95. The van der Waals surface area contributed by atoms with E-state index in [1.54, 1.807) is 4.90 Å². The van der Waals surface area contributed by atoms with Gasteiger partial charge in [-0.05, 0) is 43.6 Å². The van der Waals surface area contributed by atoms with Crippen molar-refractivity contribution in [1.82, 2.24) is 10.2 Å². The number of rotatable bonds is 4. The summed E-state index contributed by atoms with van der Waals surface area (Å²) in [4.78, 5) is 14.4. The summed E-state index contributed by atoms with van der Waals surface area (Å²) in [5.41, 5.74) is 1.15. The fourth-order valence-electron chi connectivity index (χ4n) is 3.66. The molecule has 2 aliphatic heterocycles. The first-order valence-corrected chi connectivity index (χ1v) is 9.08. The second kappa shape index (κ2) is 8.49. The Bertz CT molecular complexity index is 517. The van der Waals surface area contributed by atoms with E-state index in [1.165, 1.54) is 0 Å². The Morgan fingerprint density at radius 2 is 2.00 bits per heavy atom. The standard InChI is InChI=1S/C19H28N2O3/c22-17-7-4-10-21(14-17)19(23)20-18(16-5-2-1-3-6-16)13-15-8-11-24-12-9-15/h1-3,5-6,15,17-18,22H,4,7-14H2,(H,20,23). The van der Waals surface area contributed by atoms with Gasteiger partial charge in [0.1, 0.15) is 0 Å². The first-order valence-electron chi connectivity index (χ1n) is 9.08. The van der Waals surface area contributed by atoms with E-state index in [0.29, 0.717) is 12.5 Å². The van der Waals surface area contributed by atoms with Crippen LogP contribution < -0.4 is 5.32 Å². The molecule has 0 radical (unpaired) electrons. The van der Waals surface area contributed by atoms with Gasteiger partial charge in [0.25, 0.3) is 0 Å². The maximum absolute atomic E-state index is 12.6. The Labute approximate surface area is 144 Å². The molecule has 2 atom stereocenters. The van der Waals surface area contributed by atoms with Crippen LogP contribution in [0.3, 0.4) is 0 Å². The van der Waals surface area contributed by atoms with Crippen LogP contribution in [-0.4, -0.2) is 48.4 Å². The monoisotopic (exact) mass is 332 g/mol. The average Bonchev–Trinajstić information content (AvgIpc) is 2.63. The highest BCUT2D eigenvalue weighted by Crippen LogP contribution is 2.28. The molecule has 5 nitrogen and oxygen atoms in total. The van der Waals surface area contributed by atoms with Crippen LogP contribution in [-0.2, 0) is 4.74 Å². The van der Waals surface area contributed by atoms with Gasteiger partial charge in [-0.15, -0.1) is 0 Å². The Morgan fingerprint density at radius 3 is 2.71 bits per heavy atom. The molecule has 24 heavy (non-hydrogen) atoms. The van der Waals surface area contributed by atoms with Crippen LogP contribution in [0.2, 0.25) is 0 Å². The Hall–Kier alpha value is -1.59. The number of carbonyl (C=O) groups excluding carboxylic acids is 1. The molecule has 2 amide bonds. The fourth-order valence-corrected chi connectivity index (χ4v) is 3.66. The predicted molar refractivity (Wildman–Crippen MR) is 92.7 cm³/mol. The van der Waals surface area contributed by atoms with Crippen LogP contribution in [0.15, 0.2) is 30.3 Å². The van der Waals surface area contributed by atoms with Crippen LogP contribution in [0.4, 0.5) is 4.79 Å². The van der Waals surface area contributed by atoms with Crippen molar-refractivity contribution < 1.29 is 14.6 Å². The number of aliphatic hydroxyl groups is 1. The van der Waals surface area contributed by atoms with Crippen LogP contribution in [0, 0.1) is 5.92 Å². The third-order valence-electron chi connectivity index (χ3n) is 5.09. The number of carbonyl (C=O) groups is 1. The van der Waals surface area contributed by atoms with Crippen molar-refractivity contribution in [2.45, 2.75) is 44.2 Å². The maximum Gasteiger partial charge on any atom is 0.317 e. The lowest BCUT2D eigenvalue weighted by Crippen LogP contribution is -2.48. The number of hydrogen-bond acceptors (Lipinski definition) is 3. The molecule has 1 aromatic rings. The molecule has 1 aromatic carbocycles. The van der Waals surface area contributed by atoms with Crippen molar-refractivity contribution in [3.05, 3.63) is 35.9 Å². The zero-order valence-electron chi connectivity index (χ0n) is 14.2. The molecule has 2 heterocycles. The highest BCUT2D eigenvalue weighted by atomic mass is 16.5. The average molecular weight is 332 g/mol. The van der Waals surface area contributed by atoms with E-state index in [0.717, 1.165) is 57.4 Å². The van der Waals surface area contributed by atoms with Gasteiger partial charge in [0.2, 0.25) is 0 Å². The zero-order valence-corrected chi connectivity index (χ0v) is 14.2. The molecular formula is C19H28N2O3. The predicted octanol–water partition coefficient (Wildman–Crippen LogP) is 2.71. The molecule has 0 bridgehead atoms. The molecule has 0 aromatic heterocycles. The molecule has 5 heteroatoms. The summed E-state index contributed by atoms with van der Waals surface area (Å²) in [5.74, 6) is 0.580. The van der Waals surface area contributed by atoms with Crippen molar-refractivity contribution in [2.24, 2.45) is 5.92 Å². The molecule has 132 valence electrons. The Kier molecular flexibility index (Phi) is 6.10. The molecule has 0 aliphatic carbocycles. The summed E-state index contributed by atoms with van der Waals surface area (Å²) >= 11 is 0. The summed E-state index contributed by atoms with van der Waals surface area (Å²) in [7, 11) is 0. The Balaban J connectivity index is 1.66. The van der Waals surface area contributed by atoms with Gasteiger partial charge in [-0.2, -0.15) is 0 Å². The number of likely N-dealkylation sites (tertiary alicyclic amines) is 1. The lowest BCUT2D eigenvalue weighted by molar-refractivity contribution is 0.0595. The Morgan fingerprint density at radius 1 is 1.25 bits per heavy atom. The molecular weight excluding hydrogens is 304 g/mol. The highest BCUT2D eigenvalue weighted by Gasteiger charge is 2.26. The number of hydrogen-bond donors (Lipinski definition) is 2. The van der Waals surface area contributed by atoms with E-state index in [2.05, 4.69) is 17.4 Å². The van der Waals surface area contributed by atoms with Crippen LogP contribution in [0.25, 0.3) is 0 Å². The van der Waals surface area contributed by atoms with Gasteiger partial charge in [-0.1, -0.05) is 30.3 Å². The van der Waals surface area contributed by atoms with Crippen molar-refractivity contribution in [3.63, 3.8) is 0 Å². The molecule has 2 aliphatic rings. The molecule has 3 rings (SSSR count). The number of nitrogens with one attached hydrogen (secondary N) is 1. The summed E-state index contributed by atoms with van der Waals surface area (Å²) in [6.45, 7) is 2.79. The molecule has 2 unspecified atom stereocenters. The first-order chi connectivity index (χ1) is 11.7. The normalized spacial score (nSPS) is 23.7. The van der Waals surface area contributed by atoms with E-state index in [-0.39, 0.29) is 12.1 Å². The van der Waals surface area contributed by atoms with E-state index in [4.69, 9.17) is 4.74 Å². The van der Waals surface area contributed by atoms with Gasteiger partial charge < -0.3 is 20.1 Å². The number of aliphatic hydroxyl groups excluding tert-OH is 1. The van der Waals surface area contributed by atoms with Crippen LogP contribution in [0.5, 0.6) is 0 Å². The summed E-state index contributed by atoms with van der Waals surface area (Å²) in [5, 5.41) is 13.0. The van der Waals surface area contributed by atoms with E-state index >= 15 is 0 Å². The van der Waals surface area contributed by atoms with E-state index < -0.39 is 6.10 Å². The minimum atomic E-state index is -0.393. The number of benzene rings is 1. The van der Waals surface area contributed by atoms with Crippen molar-refractivity contribution in [3.8, 4) is 0 Å². The van der Waals surface area contributed by atoms with Gasteiger partial charge >= 0.3 is 6.03 Å². The summed E-state index contributed by atoms with van der Waals surface area (Å²) < 4.78 is 5.45. The van der Waals surface area contributed by atoms with Crippen molar-refractivity contribution in [1.29, 1.82) is 0 Å². The topological polar surface area (TPSA) is 61.8 Å². The van der Waals surface area contributed by atoms with Gasteiger partial charge in [-0.25, -0.2) is 4.79 Å². The third kappa shape index (κ3) is 4.71. The van der Waals surface area contributed by atoms with Gasteiger partial charge in [0.05, 0.1) is 12.1 Å². The van der Waals surface area contributed by atoms with Gasteiger partial charge in [-0.3, -0.25) is 0 Å². The van der Waals surface area contributed by atoms with Crippen LogP contribution >= 0.6 is 0 Å². The zero-order chi connectivity index (χ0) is 16.8. The van der Waals surface area contributed by atoms with Crippen molar-refractivity contribution in [2.75, 3.05) is 26.3 Å². The number of nitrogens with zero attached hydrogens (tertiary/aromatic N) is 1. The van der Waals surface area contributed by atoms with E-state index in [9.17, 15) is 9.90 Å². The number of β-amino-alcohol motifs (C(OH)–C–C–N with tert-alkyl or cyclic N) is 1. The number of urea groups is 1. The van der Waals surface area contributed by atoms with Gasteiger partial charge in [0.15, 0.2) is 0 Å². The van der Waals surface area contributed by atoms with Crippen molar-refractivity contribution >= 4 is 6.03 Å². The van der Waals surface area contributed by atoms with Crippen LogP contribution in [0.1, 0.15) is 43.7 Å². The minimum absolute atomic E-state index is 0.0147. The molecule has 2 fully saturated rings. The maximum atomic E-state index is 12.6. The molecule has 0 saturated carbocycles. The third-order valence-corrected chi connectivity index (χ3v) is 5.09. The van der Waals surface area contributed by atoms with Gasteiger partial charge in [0, 0.05) is 26.3 Å². The fraction of sp³-hybridized carbons (Fsp3) is 0.632. The molecule has 2 saturated heterocycles. The van der Waals surface area contributed by atoms with E-state index in [1.807, 2.05) is 18.2 Å². The smallest absolute Gasteiger partial charge is 0.317 e. The minimum Gasteiger partial charge on any atom is -0.391 e. The number of ether oxygens (including phenoxy) is 1. The number of piperidine rings is 1. The quantitative estimate of drug-likeness (QED) is 0.891. The summed E-state index contributed by atoms with van der Waals surface area (Å²) in [6, 6.07) is 10.1. The SMILES string of the molecule is O=C(NC(CC1CCOCC1)c1ccccc1)N1CCCC(O)C1. The summed E-state index contributed by atoms with van der Waals surface area (Å²) in [6.07, 6.45) is 4.31. The molecule has 2 N–H and O–H groups in total. The number of amides is 2. The molecule has 0 spiro atoms. The first kappa shape index (κ1) is 17.2. The lowest BCUT2D eigenvalue weighted by atomic mass is 9.89. The lowest BCUT2D eigenvalue weighted by Gasteiger charge is -2.33. The second-order valence-electron chi connectivity index (χ2n) is 6.95. The largest absolute Gasteiger partial charge is 0.391 e.